The number of halogens is 4. The van der Waals surface area contributed by atoms with Gasteiger partial charge in [0.05, 0.1) is 68.3 Å². The van der Waals surface area contributed by atoms with Gasteiger partial charge in [0, 0.05) is 37.0 Å². The smallest absolute Gasteiger partial charge is 0.417 e. The van der Waals surface area contributed by atoms with E-state index in [1.807, 2.05) is 72.7 Å². The minimum Gasteiger partial charge on any atom is -0.496 e. The highest BCUT2D eigenvalue weighted by Crippen LogP contribution is 2.57. The predicted molar refractivity (Wildman–Crippen MR) is 406 cm³/mol. The van der Waals surface area contributed by atoms with Crippen LogP contribution in [0.3, 0.4) is 0 Å². The van der Waals surface area contributed by atoms with Crippen LogP contribution in [0, 0.1) is 52.9 Å². The number of carbonyl (C=O) groups is 8. The number of rotatable bonds is 24. The Morgan fingerprint density at radius 1 is 0.465 bits per heavy atom. The molecular formula is C75H87Cl4O18P4+. The first-order chi connectivity index (χ1) is 47.1. The lowest BCUT2D eigenvalue weighted by molar-refractivity contribution is -0.111. The molecule has 3 atom stereocenters. The maximum Gasteiger partial charge on any atom is 0.417 e. The summed E-state index contributed by atoms with van der Waals surface area (Å²) in [5.74, 6) is 1.18. The molecule has 0 aliphatic carbocycles. The second kappa shape index (κ2) is 38.8. The van der Waals surface area contributed by atoms with Gasteiger partial charge in [0.1, 0.15) is 63.4 Å². The average molecular weight is 1540 g/mol. The lowest BCUT2D eigenvalue weighted by atomic mass is 9.86. The summed E-state index contributed by atoms with van der Waals surface area (Å²) in [5, 5.41) is 1.26. The van der Waals surface area contributed by atoms with Gasteiger partial charge in [-0.15, -0.1) is 0 Å². The number of aryl methyl sites for hydroxylation is 6. The van der Waals surface area contributed by atoms with Crippen molar-refractivity contribution in [3.8, 4) is 34.5 Å². The van der Waals surface area contributed by atoms with E-state index in [1.54, 1.807) is 73.7 Å². The Kier molecular flexibility index (Phi) is 33.7. The van der Waals surface area contributed by atoms with Crippen LogP contribution in [0.2, 0.25) is 20.1 Å². The third-order valence-electron chi connectivity index (χ3n) is 15.4. The van der Waals surface area contributed by atoms with E-state index in [-0.39, 0.29) is 90.7 Å². The van der Waals surface area contributed by atoms with Gasteiger partial charge in [0.2, 0.25) is 49.0 Å². The second-order valence-corrected chi connectivity index (χ2v) is 35.8. The van der Waals surface area contributed by atoms with Gasteiger partial charge in [-0.3, -0.25) is 33.6 Å². The molecule has 7 aromatic carbocycles. The molecule has 0 fully saturated rings. The largest absolute Gasteiger partial charge is 0.496 e. The molecule has 18 nitrogen and oxygen atoms in total. The van der Waals surface area contributed by atoms with Gasteiger partial charge in [-0.25, -0.2) is 4.79 Å². The van der Waals surface area contributed by atoms with Crippen molar-refractivity contribution in [2.24, 2.45) is 11.3 Å². The highest BCUT2D eigenvalue weighted by Gasteiger charge is 2.45. The highest BCUT2D eigenvalue weighted by molar-refractivity contribution is 7.95. The number of methoxy groups -OCH3 is 6. The zero-order chi connectivity index (χ0) is 77.0. The first kappa shape index (κ1) is 87.9. The second-order valence-electron chi connectivity index (χ2n) is 24.7. The summed E-state index contributed by atoms with van der Waals surface area (Å²) < 4.78 is 82.6. The summed E-state index contributed by atoms with van der Waals surface area (Å²) in [4.78, 5) is 99.8. The Labute approximate surface area is 613 Å². The Balaban J connectivity index is 0.000000341. The van der Waals surface area contributed by atoms with Gasteiger partial charge in [0.15, 0.2) is 11.8 Å². The van der Waals surface area contributed by atoms with Gasteiger partial charge in [-0.2, -0.15) is 0 Å². The first-order valence-electron chi connectivity index (χ1n) is 31.2. The van der Waals surface area contributed by atoms with Crippen molar-refractivity contribution in [2.75, 3.05) is 68.8 Å². The Morgan fingerprint density at radius 3 is 0.980 bits per heavy atom. The molecule has 0 saturated carbocycles. The molecule has 7 rings (SSSR count). The number of carbonyl (C=O) groups excluding carboxylic acids is 8. The monoisotopic (exact) mass is 1540 g/mol. The van der Waals surface area contributed by atoms with E-state index in [2.05, 4.69) is 20.8 Å². The number of hydrogen-bond donors (Lipinski definition) is 0. The molecule has 0 saturated heterocycles. The van der Waals surface area contributed by atoms with Crippen LogP contribution >= 0.6 is 75.6 Å². The molecule has 7 aromatic rings. The fourth-order valence-electron chi connectivity index (χ4n) is 11.0. The van der Waals surface area contributed by atoms with Crippen LogP contribution in [-0.4, -0.2) is 114 Å². The van der Waals surface area contributed by atoms with Gasteiger partial charge in [-0.1, -0.05) is 151 Å². The van der Waals surface area contributed by atoms with E-state index in [0.29, 0.717) is 33.0 Å². The molecule has 0 aliphatic heterocycles. The van der Waals surface area contributed by atoms with Gasteiger partial charge in [-0.05, 0) is 142 Å². The number of benzene rings is 7. The summed E-state index contributed by atoms with van der Waals surface area (Å²) >= 11 is 22.7. The summed E-state index contributed by atoms with van der Waals surface area (Å²) in [5.41, 5.74) is 1.95. The Bertz CT molecular complexity index is 4140. The zero-order valence-corrected chi connectivity index (χ0v) is 67.0. The van der Waals surface area contributed by atoms with Crippen molar-refractivity contribution < 1.29 is 85.0 Å². The lowest BCUT2D eigenvalue weighted by Gasteiger charge is -2.26. The van der Waals surface area contributed by atoms with Crippen molar-refractivity contribution >= 4 is 121 Å². The van der Waals surface area contributed by atoms with Gasteiger partial charge in [0.25, 0.3) is 0 Å². The molecule has 0 bridgehead atoms. The minimum absolute atomic E-state index is 0.0185. The van der Waals surface area contributed by atoms with Crippen LogP contribution in [0.5, 0.6) is 34.5 Å². The fraction of sp³-hybridized carbons (Fsp3) is 0.333. The number of aldehydes is 1. The van der Waals surface area contributed by atoms with Crippen LogP contribution in [0.25, 0.3) is 0 Å². The molecule has 0 radical (unpaired) electrons. The molecule has 0 aromatic heterocycles. The molecule has 3 unspecified atom stereocenters. The maximum atomic E-state index is 13.7. The lowest BCUT2D eigenvalue weighted by Crippen LogP contribution is -2.20. The number of ether oxygens (including phenoxy) is 6. The van der Waals surface area contributed by atoms with E-state index in [1.165, 1.54) is 80.3 Å². The van der Waals surface area contributed by atoms with Gasteiger partial charge < -0.3 is 42.1 Å². The Hall–Kier alpha value is -7.35. The SMILES string of the molecule is CCC(=O)P(=O)(CC(C)CC(C)(C)C)C(=O)c1c(OC)cccc1OC.COc1cccc(OC)c1C(=O)P(C)(=O)C(=O)c1c(OC)cccc1OC.C[P+](=O)C(=O)c1c(Cl)cccc1Cl.Cc1cc(C)c(C(=O)P(C)(=O)C(=O)c2c(C)cc(C)cc2C)c(C)c1.O=Cc1c(Cl)cccc1Cl. The third kappa shape index (κ3) is 22.3. The first-order valence-corrected chi connectivity index (χ1v) is 40.6. The number of hydrogen-bond acceptors (Lipinski definition) is 18. The average Bonchev–Trinajstić information content (AvgIpc) is 0.781. The normalized spacial score (nSPS) is 12.0. The van der Waals surface area contributed by atoms with E-state index < -0.39 is 67.9 Å². The molecule has 0 aliphatic rings. The van der Waals surface area contributed by atoms with Gasteiger partial charge >= 0.3 is 13.3 Å². The predicted octanol–water partition coefficient (Wildman–Crippen LogP) is 20.8. The molecule has 0 N–H and O–H groups in total. The van der Waals surface area contributed by atoms with Crippen molar-refractivity contribution in [1.29, 1.82) is 0 Å². The van der Waals surface area contributed by atoms with Crippen LogP contribution in [-0.2, 0) is 23.1 Å². The summed E-state index contributed by atoms with van der Waals surface area (Å²) in [6, 6.07) is 31.4. The molecule has 0 spiro atoms. The van der Waals surface area contributed by atoms with Crippen molar-refractivity contribution in [1.82, 2.24) is 0 Å². The van der Waals surface area contributed by atoms with Crippen LogP contribution in [0.4, 0.5) is 0 Å². The van der Waals surface area contributed by atoms with Crippen LogP contribution in [0.15, 0.2) is 115 Å². The zero-order valence-electron chi connectivity index (χ0n) is 60.4. The van der Waals surface area contributed by atoms with Crippen molar-refractivity contribution in [2.45, 2.75) is 89.0 Å². The quantitative estimate of drug-likeness (QED) is 0.0402. The van der Waals surface area contributed by atoms with Crippen LogP contribution in [0.1, 0.15) is 153 Å². The van der Waals surface area contributed by atoms with Crippen LogP contribution < -0.4 is 28.4 Å². The molecule has 101 heavy (non-hydrogen) atoms. The van der Waals surface area contributed by atoms with Crippen molar-refractivity contribution in [3.63, 3.8) is 0 Å². The summed E-state index contributed by atoms with van der Waals surface area (Å²) in [7, 11) is -5.17. The topological polar surface area (TPSA) is 260 Å². The standard InChI is InChI=1S/C21H25O3P.C20H31O5P.C19H21O7P.C8H6Cl2O2P.C7H4Cl2O/c1-12-8-14(3)18(15(4)9-12)20(22)25(7,24)21(23)19-16(5)10-13(2)11-17(19)6;1-8-17(21)26(23,13-14(2)12-20(3,4)5)19(22)18-15(24-6)10-9-11-16(18)25-7;1-23-12-8-6-9-13(24-2)16(12)18(20)27(5,22)19(21)17-14(25-3)10-7-11-15(17)26-4;1-13(12)8(11)7-5(9)3-2-4-6(7)10;8-6-2-1-3-7(9)5(6)4-10/h8-11H,1-7H3;9-11,14H,8,12-13H2,1-7H3;6-11H,1-5H3;2-4H,1H3;1-4H/q;;;+1;. The third-order valence-corrected chi connectivity index (χ3v) is 24.6. The summed E-state index contributed by atoms with van der Waals surface area (Å²) in [6.45, 7) is 24.8. The molecule has 0 heterocycles. The molecule has 0 amide bonds. The minimum atomic E-state index is -4.08. The highest BCUT2D eigenvalue weighted by atomic mass is 35.5. The van der Waals surface area contributed by atoms with E-state index in [0.717, 1.165) is 46.5 Å². The van der Waals surface area contributed by atoms with E-state index in [4.69, 9.17) is 74.8 Å². The molecular weight excluding hydrogens is 1450 g/mol. The molecule has 542 valence electrons. The fourth-order valence-corrected chi connectivity index (χ4v) is 18.7. The van der Waals surface area contributed by atoms with E-state index >= 15 is 0 Å². The van der Waals surface area contributed by atoms with Crippen molar-refractivity contribution in [3.05, 3.63) is 208 Å². The maximum absolute atomic E-state index is 13.7. The van der Waals surface area contributed by atoms with E-state index in [9.17, 15) is 56.6 Å². The summed E-state index contributed by atoms with van der Waals surface area (Å²) in [6.07, 6.45) is 1.54. The molecule has 26 heteroatoms. The Morgan fingerprint density at radius 2 is 0.733 bits per heavy atom.